The summed E-state index contributed by atoms with van der Waals surface area (Å²) in [6.45, 7) is 8.94. The number of ether oxygens (including phenoxy) is 1. The summed E-state index contributed by atoms with van der Waals surface area (Å²) >= 11 is 5.94. The number of thioether (sulfide) groups is 1. The molecule has 1 fully saturated rings. The summed E-state index contributed by atoms with van der Waals surface area (Å²) in [6, 6.07) is -0.567. The Kier molecular flexibility index (Phi) is 14.2. The third kappa shape index (κ3) is 9.12. The molecule has 182 valence electrons. The number of methoxy groups -OCH3 is 1. The lowest BCUT2D eigenvalue weighted by Gasteiger charge is -2.34. The highest BCUT2D eigenvalue weighted by Crippen LogP contribution is 2.28. The van der Waals surface area contributed by atoms with Crippen LogP contribution in [0.3, 0.4) is 0 Å². The van der Waals surface area contributed by atoms with Crippen LogP contribution in [0.25, 0.3) is 0 Å². The van der Waals surface area contributed by atoms with E-state index >= 15 is 0 Å². The first-order valence-corrected chi connectivity index (χ1v) is 13.6. The summed E-state index contributed by atoms with van der Waals surface area (Å²) in [4.78, 5) is 27.8. The minimum Gasteiger partial charge on any atom is -0.467 e. The Labute approximate surface area is 198 Å². The summed E-state index contributed by atoms with van der Waals surface area (Å²) in [5.74, 6) is 1.74. The van der Waals surface area contributed by atoms with Crippen molar-refractivity contribution in [2.24, 2.45) is 17.6 Å². The van der Waals surface area contributed by atoms with Crippen molar-refractivity contribution in [1.29, 1.82) is 0 Å². The van der Waals surface area contributed by atoms with Crippen LogP contribution in [-0.2, 0) is 14.3 Å². The fourth-order valence-electron chi connectivity index (χ4n) is 4.17. The number of esters is 1. The summed E-state index contributed by atoms with van der Waals surface area (Å²) in [6.07, 6.45) is 5.54. The van der Waals surface area contributed by atoms with E-state index in [1.165, 1.54) is 7.11 Å². The van der Waals surface area contributed by atoms with Gasteiger partial charge in [-0.05, 0) is 43.2 Å². The largest absolute Gasteiger partial charge is 0.467 e. The Morgan fingerprint density at radius 2 is 2.06 bits per heavy atom. The Morgan fingerprint density at radius 1 is 1.35 bits per heavy atom. The molecule has 0 aliphatic carbocycles. The van der Waals surface area contributed by atoms with Crippen molar-refractivity contribution in [3.05, 3.63) is 0 Å². The number of nitrogens with two attached hydrogens (primary N) is 1. The number of likely N-dealkylation sites (tertiary alicyclic amines) is 1. The van der Waals surface area contributed by atoms with E-state index in [0.717, 1.165) is 38.1 Å². The SMILES string of the molecule is CCC(C)[C@@H](CN1CC[C@H](CC)[C@H]1C(=O)N[C@@H](CCSC)C(=O)OC)NC[C@@H](N)CS. The maximum Gasteiger partial charge on any atom is 0.328 e. The van der Waals surface area contributed by atoms with Crippen LogP contribution in [-0.4, -0.2) is 85.4 Å². The van der Waals surface area contributed by atoms with Crippen LogP contribution in [0.2, 0.25) is 0 Å². The maximum absolute atomic E-state index is 13.3. The highest BCUT2D eigenvalue weighted by molar-refractivity contribution is 7.98. The van der Waals surface area contributed by atoms with Gasteiger partial charge in [-0.25, -0.2) is 4.79 Å². The summed E-state index contributed by atoms with van der Waals surface area (Å²) in [7, 11) is 1.37. The number of thiol groups is 1. The third-order valence-corrected chi connectivity index (χ3v) is 7.58. The van der Waals surface area contributed by atoms with Crippen LogP contribution < -0.4 is 16.4 Å². The second-order valence-corrected chi connectivity index (χ2v) is 9.96. The lowest BCUT2D eigenvalue weighted by molar-refractivity contribution is -0.145. The van der Waals surface area contributed by atoms with Crippen LogP contribution in [0.5, 0.6) is 0 Å². The number of rotatable bonds is 15. The minimum atomic E-state index is -0.596. The molecule has 1 heterocycles. The van der Waals surface area contributed by atoms with E-state index in [1.807, 2.05) is 6.26 Å². The van der Waals surface area contributed by atoms with Crippen molar-refractivity contribution < 1.29 is 14.3 Å². The Hall–Kier alpha value is -0.480. The lowest BCUT2D eigenvalue weighted by Crippen LogP contribution is -2.55. The molecule has 7 nitrogen and oxygen atoms in total. The number of hydrogen-bond donors (Lipinski definition) is 4. The first kappa shape index (κ1) is 28.6. The zero-order valence-electron chi connectivity index (χ0n) is 19.9. The van der Waals surface area contributed by atoms with Gasteiger partial charge >= 0.3 is 5.97 Å². The van der Waals surface area contributed by atoms with Gasteiger partial charge in [0.25, 0.3) is 0 Å². The molecule has 31 heavy (non-hydrogen) atoms. The summed E-state index contributed by atoms with van der Waals surface area (Å²) < 4.78 is 4.92. The summed E-state index contributed by atoms with van der Waals surface area (Å²) in [5, 5.41) is 6.61. The molecule has 0 saturated carbocycles. The van der Waals surface area contributed by atoms with Gasteiger partial charge in [-0.15, -0.1) is 0 Å². The van der Waals surface area contributed by atoms with Crippen LogP contribution >= 0.6 is 24.4 Å². The van der Waals surface area contributed by atoms with E-state index in [0.29, 0.717) is 24.6 Å². The van der Waals surface area contributed by atoms with Gasteiger partial charge in [-0.1, -0.05) is 33.6 Å². The minimum absolute atomic E-state index is 0.00760. The molecule has 1 amide bonds. The van der Waals surface area contributed by atoms with E-state index in [1.54, 1.807) is 11.8 Å². The van der Waals surface area contributed by atoms with E-state index in [4.69, 9.17) is 10.5 Å². The highest BCUT2D eigenvalue weighted by Gasteiger charge is 2.40. The molecule has 1 saturated heterocycles. The average molecular weight is 477 g/mol. The van der Waals surface area contributed by atoms with Gasteiger partial charge in [0.15, 0.2) is 0 Å². The van der Waals surface area contributed by atoms with Crippen molar-refractivity contribution in [2.75, 3.05) is 44.5 Å². The van der Waals surface area contributed by atoms with Crippen LogP contribution in [0, 0.1) is 11.8 Å². The predicted molar refractivity (Wildman–Crippen MR) is 134 cm³/mol. The second-order valence-electron chi connectivity index (χ2n) is 8.61. The molecule has 1 rings (SSSR count). The molecule has 0 aromatic heterocycles. The number of nitrogens with zero attached hydrogens (tertiary/aromatic N) is 1. The molecular formula is C22H44N4O3S2. The van der Waals surface area contributed by atoms with Crippen LogP contribution in [0.15, 0.2) is 0 Å². The fourth-order valence-corrected chi connectivity index (χ4v) is 4.77. The van der Waals surface area contributed by atoms with Gasteiger partial charge in [0.1, 0.15) is 6.04 Å². The van der Waals surface area contributed by atoms with Gasteiger partial charge < -0.3 is 21.1 Å². The van der Waals surface area contributed by atoms with Crippen molar-refractivity contribution in [3.63, 3.8) is 0 Å². The summed E-state index contributed by atoms with van der Waals surface area (Å²) in [5.41, 5.74) is 6.06. The molecular weight excluding hydrogens is 432 g/mol. The third-order valence-electron chi connectivity index (χ3n) is 6.47. The molecule has 4 N–H and O–H groups in total. The fraction of sp³-hybridized carbons (Fsp3) is 0.909. The molecule has 1 unspecified atom stereocenters. The van der Waals surface area contributed by atoms with Gasteiger partial charge in [0.2, 0.25) is 5.91 Å². The van der Waals surface area contributed by atoms with Gasteiger partial charge in [-0.2, -0.15) is 24.4 Å². The monoisotopic (exact) mass is 476 g/mol. The normalized spacial score (nSPS) is 23.2. The molecule has 0 bridgehead atoms. The highest BCUT2D eigenvalue weighted by atomic mass is 32.2. The molecule has 0 radical (unpaired) electrons. The van der Waals surface area contributed by atoms with E-state index in [9.17, 15) is 9.59 Å². The van der Waals surface area contributed by atoms with E-state index in [2.05, 4.69) is 48.9 Å². The van der Waals surface area contributed by atoms with Crippen molar-refractivity contribution in [3.8, 4) is 0 Å². The topological polar surface area (TPSA) is 96.7 Å². The molecule has 0 aromatic carbocycles. The van der Waals surface area contributed by atoms with Gasteiger partial charge in [0, 0.05) is 30.9 Å². The van der Waals surface area contributed by atoms with Crippen molar-refractivity contribution in [1.82, 2.24) is 15.5 Å². The quantitative estimate of drug-likeness (QED) is 0.211. The number of hydrogen-bond acceptors (Lipinski definition) is 8. The number of nitrogens with one attached hydrogen (secondary N) is 2. The first-order chi connectivity index (χ1) is 14.8. The molecule has 1 aliphatic rings. The van der Waals surface area contributed by atoms with Gasteiger partial charge in [0.05, 0.1) is 13.2 Å². The van der Waals surface area contributed by atoms with E-state index in [-0.39, 0.29) is 35.9 Å². The first-order valence-electron chi connectivity index (χ1n) is 11.5. The second kappa shape index (κ2) is 15.4. The molecule has 1 aliphatic heterocycles. The molecule has 0 spiro atoms. The van der Waals surface area contributed by atoms with Crippen molar-refractivity contribution in [2.45, 2.75) is 70.6 Å². The van der Waals surface area contributed by atoms with E-state index < -0.39 is 6.04 Å². The zero-order valence-corrected chi connectivity index (χ0v) is 21.6. The molecule has 9 heteroatoms. The lowest BCUT2D eigenvalue weighted by atomic mass is 9.95. The Morgan fingerprint density at radius 3 is 2.61 bits per heavy atom. The van der Waals surface area contributed by atoms with Gasteiger partial charge in [-0.3, -0.25) is 9.69 Å². The average Bonchev–Trinajstić information content (AvgIpc) is 3.20. The Bertz CT molecular complexity index is 541. The smallest absolute Gasteiger partial charge is 0.328 e. The predicted octanol–water partition coefficient (Wildman–Crippen LogP) is 1.76. The zero-order chi connectivity index (χ0) is 23.4. The molecule has 6 atom stereocenters. The number of carbonyl (C=O) groups is 2. The Balaban J connectivity index is 2.92. The molecule has 0 aromatic rings. The number of carbonyl (C=O) groups excluding carboxylic acids is 2. The maximum atomic E-state index is 13.3. The van der Waals surface area contributed by atoms with Crippen molar-refractivity contribution >= 4 is 36.3 Å². The van der Waals surface area contributed by atoms with Crippen LogP contribution in [0.1, 0.15) is 46.5 Å². The number of amides is 1. The van der Waals surface area contributed by atoms with Crippen LogP contribution in [0.4, 0.5) is 0 Å². The standard InChI is InChI=1S/C22H44N4O3S2/c1-6-15(3)19(24-12-17(23)14-30)13-26-10-8-16(7-2)20(26)21(27)25-18(9-11-31-5)22(28)29-4/h15-20,24,30H,6-14,23H2,1-5H3,(H,25,27)/t15?,16-,17+,18-,19+,20-/m0/s1.